The molecule has 0 radical (unpaired) electrons. The fourth-order valence-corrected chi connectivity index (χ4v) is 20.5. The van der Waals surface area contributed by atoms with Crippen LogP contribution in [0.25, 0.3) is 0 Å². The molecule has 2 aromatic rings. The predicted molar refractivity (Wildman–Crippen MR) is 282 cm³/mol. The number of nitrogens with two attached hydrogens (primary N) is 1. The van der Waals surface area contributed by atoms with Gasteiger partial charge in [-0.3, -0.25) is 14.6 Å². The maximum Gasteiger partial charge on any atom is 0.303 e. The van der Waals surface area contributed by atoms with Crippen LogP contribution in [-0.4, -0.2) is 74.0 Å². The highest BCUT2D eigenvalue weighted by Gasteiger charge is 2.65. The lowest BCUT2D eigenvalue weighted by atomic mass is 9.60. The minimum Gasteiger partial charge on any atom is -0.504 e. The van der Waals surface area contributed by atoms with E-state index in [0.717, 1.165) is 107 Å². The summed E-state index contributed by atoms with van der Waals surface area (Å²) in [6.07, 6.45) is 25.3. The van der Waals surface area contributed by atoms with Gasteiger partial charge < -0.3 is 35.6 Å². The minimum atomic E-state index is -0.799. The number of nitrogens with one attached hydrogen (secondary N) is 1. The molecule has 71 heavy (non-hydrogen) atoms. The third-order valence-corrected chi connectivity index (χ3v) is 23.8. The summed E-state index contributed by atoms with van der Waals surface area (Å²) < 4.78 is 13.5. The van der Waals surface area contributed by atoms with Crippen molar-refractivity contribution >= 4 is 39.4 Å². The Kier molecular flexibility index (Phi) is 12.6. The lowest BCUT2D eigenvalue weighted by molar-refractivity contribution is -0.168. The number of rotatable bonds is 2. The number of phenols is 1. The number of allylic oxidation sites excluding steroid dienone is 1. The van der Waals surface area contributed by atoms with Gasteiger partial charge in [0.1, 0.15) is 16.1 Å². The molecule has 12 aliphatic rings. The van der Waals surface area contributed by atoms with Gasteiger partial charge in [-0.05, 0) is 157 Å². The molecule has 12 bridgehead atoms. The van der Waals surface area contributed by atoms with Crippen LogP contribution in [-0.2, 0) is 27.3 Å². The van der Waals surface area contributed by atoms with Gasteiger partial charge in [0.2, 0.25) is 5.91 Å². The molecule has 5 saturated carbocycles. The zero-order valence-electron chi connectivity index (χ0n) is 42.0. The van der Waals surface area contributed by atoms with Crippen molar-refractivity contribution in [1.82, 2.24) is 10.2 Å². The average Bonchev–Trinajstić information content (AvgIpc) is 4.14. The Morgan fingerprint density at radius 2 is 1.86 bits per heavy atom. The second kappa shape index (κ2) is 18.5. The number of hydrogen-bond acceptors (Lipinski definition) is 11. The Hall–Kier alpha value is -3.79. The number of aliphatic hydroxyl groups is 1. The number of aromatic hydroxyl groups is 1. The van der Waals surface area contributed by atoms with Crippen LogP contribution in [0.4, 0.5) is 0 Å². The van der Waals surface area contributed by atoms with Gasteiger partial charge >= 0.3 is 5.97 Å². The smallest absolute Gasteiger partial charge is 0.303 e. The Morgan fingerprint density at radius 3 is 2.72 bits per heavy atom. The number of hydrogen-bond donors (Lipinski definition) is 4. The van der Waals surface area contributed by atoms with E-state index in [4.69, 9.17) is 20.2 Å². The van der Waals surface area contributed by atoms with E-state index in [2.05, 4.69) is 65.7 Å². The van der Waals surface area contributed by atoms with Crippen LogP contribution in [0.5, 0.6) is 11.5 Å². The lowest BCUT2D eigenvalue weighted by Gasteiger charge is -2.45. The van der Waals surface area contributed by atoms with Crippen LogP contribution in [0.15, 0.2) is 53.5 Å². The lowest BCUT2D eigenvalue weighted by Crippen LogP contribution is -2.56. The average molecular weight is 1000 g/mol. The first-order chi connectivity index (χ1) is 34.4. The second-order valence-electron chi connectivity index (χ2n) is 24.3. The molecule has 12 unspecified atom stereocenters. The Bertz CT molecular complexity index is 2550. The summed E-state index contributed by atoms with van der Waals surface area (Å²) >= 11 is 0. The first-order valence-electron chi connectivity index (χ1n) is 27.7. The summed E-state index contributed by atoms with van der Waals surface area (Å²) in [5.74, 6) is 11.1. The van der Waals surface area contributed by atoms with Crippen LogP contribution in [0, 0.1) is 45.8 Å². The molecule has 5 N–H and O–H groups in total. The largest absolute Gasteiger partial charge is 0.504 e. The molecule has 12 heteroatoms. The van der Waals surface area contributed by atoms with Crippen molar-refractivity contribution in [3.05, 3.63) is 70.8 Å². The van der Waals surface area contributed by atoms with Crippen molar-refractivity contribution < 1.29 is 29.3 Å². The monoisotopic (exact) mass is 1000 g/mol. The van der Waals surface area contributed by atoms with Gasteiger partial charge in [0.15, 0.2) is 17.5 Å². The van der Waals surface area contributed by atoms with Crippen LogP contribution >= 0.6 is 21.6 Å². The third kappa shape index (κ3) is 8.22. The number of benzene rings is 2. The molecule has 0 aromatic heterocycles. The minimum absolute atomic E-state index is 0.0685. The van der Waals surface area contributed by atoms with Crippen molar-refractivity contribution in [2.45, 2.75) is 195 Å². The molecule has 6 aliphatic heterocycles. The van der Waals surface area contributed by atoms with Crippen LogP contribution in [0.1, 0.15) is 182 Å². The highest BCUT2D eigenvalue weighted by Crippen LogP contribution is 2.67. The molecule has 14 rings (SSSR count). The van der Waals surface area contributed by atoms with Gasteiger partial charge in [-0.2, -0.15) is 0 Å². The first-order valence-corrected chi connectivity index (χ1v) is 30.0. The molecule has 6 fully saturated rings. The number of aryl methyl sites for hydroxylation is 1. The number of esters is 1. The van der Waals surface area contributed by atoms with E-state index in [1.54, 1.807) is 0 Å². The van der Waals surface area contributed by atoms with Crippen molar-refractivity contribution in [2.75, 3.05) is 18.8 Å². The number of aliphatic imine (C=N–C) groups is 1. The number of nitrogens with zero attached hydrogens (tertiary/aromatic N) is 2. The van der Waals surface area contributed by atoms with E-state index in [1.807, 2.05) is 26.5 Å². The molecule has 1 saturated heterocycles. The number of phenolic OH excluding ortho intramolecular Hbond substituents is 1. The number of carbonyl (C=O) groups excluding carboxylic acids is 2. The van der Waals surface area contributed by atoms with Crippen LogP contribution in [0.2, 0.25) is 0 Å². The Labute approximate surface area is 429 Å². The van der Waals surface area contributed by atoms with E-state index < -0.39 is 28.1 Å². The predicted octanol–water partition coefficient (Wildman–Crippen LogP) is 11.0. The molecule has 10 nitrogen and oxygen atoms in total. The van der Waals surface area contributed by atoms with Crippen molar-refractivity contribution in [3.8, 4) is 23.3 Å². The van der Waals surface area contributed by atoms with E-state index in [-0.39, 0.29) is 52.2 Å². The number of ether oxygens (including phenoxy) is 2. The maximum atomic E-state index is 15.2. The normalized spacial score (nSPS) is 40.8. The van der Waals surface area contributed by atoms with E-state index >= 15 is 4.79 Å². The van der Waals surface area contributed by atoms with Crippen molar-refractivity contribution in [2.24, 2.45) is 44.7 Å². The van der Waals surface area contributed by atoms with Gasteiger partial charge in [0.25, 0.3) is 0 Å². The SMILES string of the molecule is CC(=O)OC12CCc3cc(c(O)c4c3C3C=CC5(CCCC5C3)O4)CN3CC4(CC3=O)C(c3ccccc3)CCC43C#CCC4CCC5(CCCC5(NC(N)=NC3)SSCCCCCC(CC1)C(O)C2)C4. The highest BCUT2D eigenvalue weighted by molar-refractivity contribution is 8.77. The molecule has 6 heterocycles. The third-order valence-electron chi connectivity index (χ3n) is 20.5. The number of carbonyl (C=O) groups is 2. The fraction of sp³-hybridized carbons (Fsp3) is 0.678. The number of amides is 1. The summed E-state index contributed by atoms with van der Waals surface area (Å²) in [4.78, 5) is 35.3. The summed E-state index contributed by atoms with van der Waals surface area (Å²) in [5.41, 5.74) is 8.92. The quantitative estimate of drug-likeness (QED) is 0.0992. The van der Waals surface area contributed by atoms with Gasteiger partial charge in [-0.25, -0.2) is 0 Å². The number of fused-ring (bicyclic) bond motifs is 10. The highest BCUT2D eigenvalue weighted by atomic mass is 33.1. The van der Waals surface area contributed by atoms with E-state index in [1.165, 1.54) is 38.2 Å². The van der Waals surface area contributed by atoms with Crippen molar-refractivity contribution in [3.63, 3.8) is 0 Å². The van der Waals surface area contributed by atoms with Crippen molar-refractivity contribution in [1.29, 1.82) is 0 Å². The summed E-state index contributed by atoms with van der Waals surface area (Å²) in [7, 11) is 4.02. The molecular formula is C59H76N4O6S2. The fourth-order valence-electron chi connectivity index (χ4n) is 17.0. The molecule has 1 amide bonds. The molecule has 5 spiro atoms. The number of guanidine groups is 1. The zero-order valence-corrected chi connectivity index (χ0v) is 43.6. The van der Waals surface area contributed by atoms with Crippen LogP contribution in [0.3, 0.4) is 0 Å². The second-order valence-corrected chi connectivity index (χ2v) is 27.0. The van der Waals surface area contributed by atoms with Crippen LogP contribution < -0.4 is 15.8 Å². The van der Waals surface area contributed by atoms with E-state index in [9.17, 15) is 15.0 Å². The summed E-state index contributed by atoms with van der Waals surface area (Å²) in [6.45, 7) is 2.64. The maximum absolute atomic E-state index is 15.2. The number of aliphatic hydroxyl groups excluding tert-OH is 1. The first kappa shape index (κ1) is 48.2. The molecule has 12 atom stereocenters. The Morgan fingerprint density at radius 1 is 0.972 bits per heavy atom. The topological polar surface area (TPSA) is 147 Å². The zero-order chi connectivity index (χ0) is 48.6. The summed E-state index contributed by atoms with van der Waals surface area (Å²) in [6, 6.07) is 12.9. The molecular weight excluding hydrogens is 925 g/mol. The molecule has 2 aromatic carbocycles. The van der Waals surface area contributed by atoms with Gasteiger partial charge in [0.05, 0.1) is 18.1 Å². The Balaban J connectivity index is 0.963. The molecule has 6 aliphatic carbocycles. The van der Waals surface area contributed by atoms with E-state index in [0.29, 0.717) is 74.3 Å². The standard InChI is InChI=1S/C59H76N4O6S2/c1-39(64)68-56-27-17-42(48(65)34-56)14-6-3-7-30-70-71-59-24-10-22-54(59)25-16-40(33-54)11-8-21-55(37-61-53(60)62-59)26-20-47(41-12-4-2-5-13-41)57(55)35-49(66)63(38-57)36-45-31-43(18-28-56)50-44-19-29-58(69-52(50)51(45)67)23-9-15-46(58)32-44/h2,4-5,12-13,19,29,31,40,42,44,46-48,65,67H,3,6-7,9-11,14-18,20,22-28,30,32-38H2,1H3,(H3,60,61,62). The summed E-state index contributed by atoms with van der Waals surface area (Å²) in [5, 5.41) is 28.6. The van der Waals surface area contributed by atoms with Gasteiger partial charge in [0, 0.05) is 78.8 Å². The molecule has 380 valence electrons. The van der Waals surface area contributed by atoms with Gasteiger partial charge in [-0.1, -0.05) is 76.8 Å². The van der Waals surface area contributed by atoms with Gasteiger partial charge in [-0.15, -0.1) is 5.92 Å².